The molecule has 0 heterocycles. The highest BCUT2D eigenvalue weighted by Gasteiger charge is 1.70. The minimum atomic E-state index is 0.537. The Labute approximate surface area is 42.8 Å². The van der Waals surface area contributed by atoms with Crippen molar-refractivity contribution in [3.05, 3.63) is 11.1 Å². The molecular formula is C4H8ClN. The number of nitrogens with two attached hydrogens (primary N) is 1. The van der Waals surface area contributed by atoms with Gasteiger partial charge >= 0.3 is 0 Å². The molecule has 0 aromatic rings. The van der Waals surface area contributed by atoms with Crippen molar-refractivity contribution in [2.45, 2.75) is 6.92 Å². The van der Waals surface area contributed by atoms with Crippen molar-refractivity contribution in [1.82, 2.24) is 0 Å². The second kappa shape index (κ2) is 3.19. The summed E-state index contributed by atoms with van der Waals surface area (Å²) in [7, 11) is 0. The van der Waals surface area contributed by atoms with Crippen molar-refractivity contribution in [2.75, 3.05) is 6.54 Å². The summed E-state index contributed by atoms with van der Waals surface area (Å²) < 4.78 is 0. The normalized spacial score (nSPS) is 12.2. The monoisotopic (exact) mass is 105 g/mol. The number of halogens is 1. The molecule has 36 valence electrons. The molecule has 0 fully saturated rings. The third-order valence-corrected chi connectivity index (χ3v) is 0.553. The van der Waals surface area contributed by atoms with E-state index >= 15 is 0 Å². The van der Waals surface area contributed by atoms with Gasteiger partial charge in [0, 0.05) is 11.6 Å². The van der Waals surface area contributed by atoms with Crippen LogP contribution in [0.1, 0.15) is 6.92 Å². The highest BCUT2D eigenvalue weighted by molar-refractivity contribution is 6.29. The summed E-state index contributed by atoms with van der Waals surface area (Å²) in [6.07, 6.45) is 1.75. The van der Waals surface area contributed by atoms with Gasteiger partial charge in [-0.3, -0.25) is 0 Å². The number of hydrogen-bond donors (Lipinski definition) is 1. The quantitative estimate of drug-likeness (QED) is 0.531. The van der Waals surface area contributed by atoms with Crippen LogP contribution in [-0.4, -0.2) is 6.54 Å². The van der Waals surface area contributed by atoms with Crippen molar-refractivity contribution < 1.29 is 0 Å². The largest absolute Gasteiger partial charge is 0.327 e. The first-order valence-electron chi connectivity index (χ1n) is 1.79. The first kappa shape index (κ1) is 5.99. The molecule has 0 amide bonds. The predicted molar refractivity (Wildman–Crippen MR) is 28.7 cm³/mol. The van der Waals surface area contributed by atoms with E-state index in [2.05, 4.69) is 0 Å². The van der Waals surface area contributed by atoms with Crippen molar-refractivity contribution in [3.8, 4) is 0 Å². The van der Waals surface area contributed by atoms with Gasteiger partial charge in [-0.15, -0.1) is 0 Å². The summed E-state index contributed by atoms with van der Waals surface area (Å²) in [4.78, 5) is 0. The minimum Gasteiger partial charge on any atom is -0.327 e. The Morgan fingerprint density at radius 3 is 2.50 bits per heavy atom. The second-order valence-electron chi connectivity index (χ2n) is 1.03. The topological polar surface area (TPSA) is 26.0 Å². The van der Waals surface area contributed by atoms with Crippen molar-refractivity contribution in [1.29, 1.82) is 0 Å². The molecule has 0 aliphatic heterocycles. The molecule has 0 unspecified atom stereocenters. The van der Waals surface area contributed by atoms with E-state index in [0.29, 0.717) is 6.54 Å². The van der Waals surface area contributed by atoms with Crippen LogP contribution in [0, 0.1) is 0 Å². The molecule has 0 saturated heterocycles. The Balaban J connectivity index is 3.14. The van der Waals surface area contributed by atoms with Gasteiger partial charge in [0.2, 0.25) is 0 Å². The van der Waals surface area contributed by atoms with Crippen LogP contribution in [0.5, 0.6) is 0 Å². The second-order valence-corrected chi connectivity index (χ2v) is 1.62. The average Bonchev–Trinajstić information content (AvgIpc) is 1.35. The van der Waals surface area contributed by atoms with Gasteiger partial charge in [-0.2, -0.15) is 0 Å². The lowest BCUT2D eigenvalue weighted by Crippen LogP contribution is -1.92. The van der Waals surface area contributed by atoms with Gasteiger partial charge in [0.15, 0.2) is 0 Å². The highest BCUT2D eigenvalue weighted by Crippen LogP contribution is 1.93. The van der Waals surface area contributed by atoms with E-state index in [9.17, 15) is 0 Å². The standard InChI is InChI=1S/C4H8ClN/c1-4(5)2-3-6/h2H,3,6H2,1H3/b4-2-. The molecule has 0 aliphatic carbocycles. The average molecular weight is 106 g/mol. The summed E-state index contributed by atoms with van der Waals surface area (Å²) in [5.41, 5.74) is 5.07. The van der Waals surface area contributed by atoms with Crippen LogP contribution in [0.2, 0.25) is 0 Å². The lowest BCUT2D eigenvalue weighted by atomic mass is 10.5. The molecule has 1 nitrogen and oxygen atoms in total. The Bertz CT molecular complexity index is 54.6. The Morgan fingerprint density at radius 1 is 2.00 bits per heavy atom. The molecular weight excluding hydrogens is 97.5 g/mol. The van der Waals surface area contributed by atoms with Crippen LogP contribution >= 0.6 is 11.6 Å². The summed E-state index contributed by atoms with van der Waals surface area (Å²) in [5.74, 6) is 0. The molecule has 0 spiro atoms. The Hall–Kier alpha value is -0.0100. The Morgan fingerprint density at radius 2 is 2.50 bits per heavy atom. The lowest BCUT2D eigenvalue weighted by molar-refractivity contribution is 1.24. The first-order chi connectivity index (χ1) is 2.77. The Kier molecular flexibility index (Phi) is 3.19. The van der Waals surface area contributed by atoms with Gasteiger partial charge in [-0.05, 0) is 6.92 Å². The van der Waals surface area contributed by atoms with Crippen molar-refractivity contribution >= 4 is 11.6 Å². The molecule has 0 bridgehead atoms. The maximum Gasteiger partial charge on any atom is 0.0122 e. The minimum absolute atomic E-state index is 0.537. The molecule has 0 aromatic carbocycles. The van der Waals surface area contributed by atoms with Crippen molar-refractivity contribution in [3.63, 3.8) is 0 Å². The van der Waals surface area contributed by atoms with Crippen molar-refractivity contribution in [2.24, 2.45) is 5.73 Å². The molecule has 0 saturated carbocycles. The van der Waals surface area contributed by atoms with Crippen LogP contribution in [0.25, 0.3) is 0 Å². The number of hydrogen-bond acceptors (Lipinski definition) is 1. The maximum atomic E-state index is 5.36. The van der Waals surface area contributed by atoms with Gasteiger partial charge in [0.05, 0.1) is 0 Å². The third kappa shape index (κ3) is 3.99. The summed E-state index contributed by atoms with van der Waals surface area (Å²) in [6.45, 7) is 2.34. The van der Waals surface area contributed by atoms with E-state index in [0.717, 1.165) is 5.03 Å². The fourth-order valence-electron chi connectivity index (χ4n) is 0.162. The van der Waals surface area contributed by atoms with E-state index in [1.165, 1.54) is 0 Å². The SMILES string of the molecule is C/C(Cl)=C/CN. The van der Waals surface area contributed by atoms with Crippen LogP contribution in [0.4, 0.5) is 0 Å². The highest BCUT2D eigenvalue weighted by atomic mass is 35.5. The van der Waals surface area contributed by atoms with Gasteiger partial charge in [0.25, 0.3) is 0 Å². The van der Waals surface area contributed by atoms with E-state index in [1.54, 1.807) is 13.0 Å². The summed E-state index contributed by atoms with van der Waals surface area (Å²) >= 11 is 5.36. The zero-order chi connectivity index (χ0) is 4.99. The molecule has 0 aliphatic rings. The third-order valence-electron chi connectivity index (χ3n) is 0.399. The molecule has 0 atom stereocenters. The fraction of sp³-hybridized carbons (Fsp3) is 0.500. The smallest absolute Gasteiger partial charge is 0.0122 e. The van der Waals surface area contributed by atoms with Gasteiger partial charge in [0.1, 0.15) is 0 Å². The zero-order valence-electron chi connectivity index (χ0n) is 3.74. The molecule has 6 heavy (non-hydrogen) atoms. The van der Waals surface area contributed by atoms with Gasteiger partial charge in [-0.1, -0.05) is 17.7 Å². The predicted octanol–water partition coefficient (Wildman–Crippen LogP) is 1.09. The van der Waals surface area contributed by atoms with Crippen LogP contribution in [0.3, 0.4) is 0 Å². The van der Waals surface area contributed by atoms with Gasteiger partial charge < -0.3 is 5.73 Å². The molecule has 0 aromatic heterocycles. The zero-order valence-corrected chi connectivity index (χ0v) is 4.50. The van der Waals surface area contributed by atoms with E-state index in [4.69, 9.17) is 17.3 Å². The van der Waals surface area contributed by atoms with Crippen LogP contribution in [0.15, 0.2) is 11.1 Å². The summed E-state index contributed by atoms with van der Waals surface area (Å²) in [6, 6.07) is 0. The molecule has 0 radical (unpaired) electrons. The lowest BCUT2D eigenvalue weighted by Gasteiger charge is -1.77. The van der Waals surface area contributed by atoms with Gasteiger partial charge in [-0.25, -0.2) is 0 Å². The number of allylic oxidation sites excluding steroid dienone is 1. The van der Waals surface area contributed by atoms with Crippen LogP contribution in [-0.2, 0) is 0 Å². The maximum absolute atomic E-state index is 5.36. The molecule has 2 N–H and O–H groups in total. The van der Waals surface area contributed by atoms with E-state index in [1.807, 2.05) is 0 Å². The molecule has 2 heteroatoms. The number of rotatable bonds is 1. The molecule has 0 rings (SSSR count). The van der Waals surface area contributed by atoms with E-state index in [-0.39, 0.29) is 0 Å². The summed E-state index contributed by atoms with van der Waals surface area (Å²) in [5, 5.41) is 0.762. The first-order valence-corrected chi connectivity index (χ1v) is 2.17. The fourth-order valence-corrected chi connectivity index (χ4v) is 0.251. The van der Waals surface area contributed by atoms with E-state index < -0.39 is 0 Å². The van der Waals surface area contributed by atoms with Crippen LogP contribution < -0.4 is 5.73 Å².